The van der Waals surface area contributed by atoms with E-state index in [1.165, 1.54) is 24.4 Å². The van der Waals surface area contributed by atoms with Crippen LogP contribution in [0.1, 0.15) is 19.8 Å². The van der Waals surface area contributed by atoms with Crippen LogP contribution >= 0.6 is 11.5 Å². The molecule has 0 amide bonds. The van der Waals surface area contributed by atoms with Gasteiger partial charge in [-0.15, -0.1) is 10.3 Å². The molecule has 1 saturated heterocycles. The molecule has 0 saturated carbocycles. The number of anilines is 1. The lowest BCUT2D eigenvalue weighted by atomic mass is 10.4. The van der Waals surface area contributed by atoms with Gasteiger partial charge in [-0.25, -0.2) is 0 Å². The Balaban J connectivity index is 1.93. The molecule has 1 aromatic heterocycles. The Bertz CT molecular complexity index is 374. The first kappa shape index (κ1) is 10.2. The van der Waals surface area contributed by atoms with Crippen LogP contribution in [0.15, 0.2) is 0 Å². The van der Waals surface area contributed by atoms with Crippen molar-refractivity contribution in [2.24, 2.45) is 0 Å². The molecule has 1 aromatic rings. The second-order valence-electron chi connectivity index (χ2n) is 3.27. The smallest absolute Gasteiger partial charge is 0.331 e. The van der Waals surface area contributed by atoms with E-state index in [4.69, 9.17) is 4.74 Å². The summed E-state index contributed by atoms with van der Waals surface area (Å²) >= 11 is 1.40. The Labute approximate surface area is 93.4 Å². The van der Waals surface area contributed by atoms with Crippen molar-refractivity contribution < 1.29 is 4.74 Å². The van der Waals surface area contributed by atoms with Crippen molar-refractivity contribution in [3.8, 4) is 17.9 Å². The Morgan fingerprint density at radius 3 is 3.00 bits per heavy atom. The van der Waals surface area contributed by atoms with Gasteiger partial charge in [0.15, 0.2) is 6.61 Å². The number of hydrogen-bond acceptors (Lipinski definition) is 5. The highest BCUT2D eigenvalue weighted by molar-refractivity contribution is 7.09. The second-order valence-corrected chi connectivity index (χ2v) is 4.00. The van der Waals surface area contributed by atoms with Crippen molar-refractivity contribution in [2.75, 3.05) is 24.6 Å². The molecular formula is C10H13N3OS. The van der Waals surface area contributed by atoms with Gasteiger partial charge in [0.2, 0.25) is 5.13 Å². The zero-order valence-electron chi connectivity index (χ0n) is 8.69. The van der Waals surface area contributed by atoms with Gasteiger partial charge in [-0.1, -0.05) is 5.92 Å². The maximum absolute atomic E-state index is 5.27. The number of ether oxygens (including phenoxy) is 1. The molecule has 2 heterocycles. The Morgan fingerprint density at radius 2 is 2.27 bits per heavy atom. The van der Waals surface area contributed by atoms with Crippen molar-refractivity contribution in [3.05, 3.63) is 0 Å². The van der Waals surface area contributed by atoms with Crippen LogP contribution in [0.3, 0.4) is 0 Å². The standard InChI is InChI=1S/C10H13N3OS/c1-2-3-8-14-9-11-10(15-12-9)13-6-4-5-7-13/h4-8H2,1H3. The van der Waals surface area contributed by atoms with Gasteiger partial charge in [0.05, 0.1) is 0 Å². The fourth-order valence-corrected chi connectivity index (χ4v) is 2.14. The van der Waals surface area contributed by atoms with Crippen molar-refractivity contribution in [3.63, 3.8) is 0 Å². The first-order valence-corrected chi connectivity index (χ1v) is 5.78. The monoisotopic (exact) mass is 223 g/mol. The predicted molar refractivity (Wildman–Crippen MR) is 60.3 cm³/mol. The molecule has 1 fully saturated rings. The van der Waals surface area contributed by atoms with Gasteiger partial charge in [-0.2, -0.15) is 4.98 Å². The number of aromatic nitrogens is 2. The molecule has 1 aliphatic heterocycles. The normalized spacial score (nSPS) is 14.9. The molecular weight excluding hydrogens is 210 g/mol. The molecule has 5 heteroatoms. The average Bonchev–Trinajstić information content (AvgIpc) is 2.87. The molecule has 0 bridgehead atoms. The molecule has 0 unspecified atom stereocenters. The van der Waals surface area contributed by atoms with E-state index in [1.807, 2.05) is 0 Å². The summed E-state index contributed by atoms with van der Waals surface area (Å²) in [5, 5.41) is 0.965. The topological polar surface area (TPSA) is 38.2 Å². The van der Waals surface area contributed by atoms with E-state index < -0.39 is 0 Å². The summed E-state index contributed by atoms with van der Waals surface area (Å²) in [7, 11) is 0. The molecule has 80 valence electrons. The summed E-state index contributed by atoms with van der Waals surface area (Å²) in [4.78, 5) is 6.55. The van der Waals surface area contributed by atoms with Gasteiger partial charge < -0.3 is 9.64 Å². The highest BCUT2D eigenvalue weighted by Crippen LogP contribution is 2.24. The first-order chi connectivity index (χ1) is 7.40. The molecule has 0 radical (unpaired) electrons. The molecule has 1 aliphatic rings. The van der Waals surface area contributed by atoms with Crippen LogP contribution in [-0.2, 0) is 0 Å². The fourth-order valence-electron chi connectivity index (χ4n) is 1.47. The van der Waals surface area contributed by atoms with Crippen molar-refractivity contribution in [2.45, 2.75) is 19.8 Å². The molecule has 4 nitrogen and oxygen atoms in total. The zero-order valence-corrected chi connectivity index (χ0v) is 9.51. The minimum Gasteiger partial charge on any atom is -0.450 e. The van der Waals surface area contributed by atoms with Crippen molar-refractivity contribution >= 4 is 16.7 Å². The zero-order chi connectivity index (χ0) is 10.5. The maximum Gasteiger partial charge on any atom is 0.331 e. The van der Waals surface area contributed by atoms with Crippen LogP contribution in [0.2, 0.25) is 0 Å². The summed E-state index contributed by atoms with van der Waals surface area (Å²) in [5.41, 5.74) is 0. The Morgan fingerprint density at radius 1 is 1.47 bits per heavy atom. The maximum atomic E-state index is 5.27. The predicted octanol–water partition coefficient (Wildman–Crippen LogP) is 1.54. The van der Waals surface area contributed by atoms with E-state index >= 15 is 0 Å². The van der Waals surface area contributed by atoms with Gasteiger partial charge in [-0.3, -0.25) is 0 Å². The van der Waals surface area contributed by atoms with Gasteiger partial charge in [0.1, 0.15) is 0 Å². The summed E-state index contributed by atoms with van der Waals surface area (Å²) in [6.45, 7) is 4.33. The van der Waals surface area contributed by atoms with Gasteiger partial charge >= 0.3 is 6.01 Å². The van der Waals surface area contributed by atoms with E-state index in [-0.39, 0.29) is 0 Å². The Hall–Kier alpha value is -1.28. The van der Waals surface area contributed by atoms with Gasteiger partial charge in [0, 0.05) is 24.6 Å². The summed E-state index contributed by atoms with van der Waals surface area (Å²) < 4.78 is 9.41. The third-order valence-corrected chi connectivity index (χ3v) is 2.98. The van der Waals surface area contributed by atoms with Crippen LogP contribution in [-0.4, -0.2) is 29.1 Å². The number of hydrogen-bond donors (Lipinski definition) is 0. The van der Waals surface area contributed by atoms with Crippen LogP contribution in [0.4, 0.5) is 5.13 Å². The van der Waals surface area contributed by atoms with E-state index in [0.717, 1.165) is 18.2 Å². The first-order valence-electron chi connectivity index (χ1n) is 5.01. The quantitative estimate of drug-likeness (QED) is 0.729. The van der Waals surface area contributed by atoms with Crippen LogP contribution in [0.5, 0.6) is 6.01 Å². The van der Waals surface area contributed by atoms with E-state index in [9.17, 15) is 0 Å². The van der Waals surface area contributed by atoms with E-state index in [0.29, 0.717) is 12.6 Å². The molecule has 2 rings (SSSR count). The summed E-state index contributed by atoms with van der Waals surface area (Å²) in [6, 6.07) is 0.449. The SMILES string of the molecule is CC#CCOc1nsc(N2CCCC2)n1. The van der Waals surface area contributed by atoms with E-state index in [1.54, 1.807) is 6.92 Å². The van der Waals surface area contributed by atoms with Crippen LogP contribution < -0.4 is 9.64 Å². The number of nitrogens with zero attached hydrogens (tertiary/aromatic N) is 3. The van der Waals surface area contributed by atoms with Crippen molar-refractivity contribution in [1.82, 2.24) is 9.36 Å². The van der Waals surface area contributed by atoms with Crippen LogP contribution in [0, 0.1) is 11.8 Å². The minimum absolute atomic E-state index is 0.368. The molecule has 0 N–H and O–H groups in total. The van der Waals surface area contributed by atoms with Gasteiger partial charge in [0.25, 0.3) is 0 Å². The number of rotatable bonds is 3. The van der Waals surface area contributed by atoms with Crippen LogP contribution in [0.25, 0.3) is 0 Å². The van der Waals surface area contributed by atoms with E-state index in [2.05, 4.69) is 26.1 Å². The summed E-state index contributed by atoms with van der Waals surface area (Å²) in [6.07, 6.45) is 2.49. The third-order valence-electron chi connectivity index (χ3n) is 2.22. The minimum atomic E-state index is 0.368. The lowest BCUT2D eigenvalue weighted by Crippen LogP contribution is -2.17. The molecule has 15 heavy (non-hydrogen) atoms. The average molecular weight is 223 g/mol. The van der Waals surface area contributed by atoms with Gasteiger partial charge in [-0.05, 0) is 19.8 Å². The molecule has 0 atom stereocenters. The fraction of sp³-hybridized carbons (Fsp3) is 0.600. The van der Waals surface area contributed by atoms with Crippen molar-refractivity contribution in [1.29, 1.82) is 0 Å². The largest absolute Gasteiger partial charge is 0.450 e. The lowest BCUT2D eigenvalue weighted by Gasteiger charge is -2.10. The second kappa shape index (κ2) is 4.99. The molecule has 0 spiro atoms. The third kappa shape index (κ3) is 2.60. The molecule has 0 aliphatic carbocycles. The Kier molecular flexibility index (Phi) is 3.41. The summed E-state index contributed by atoms with van der Waals surface area (Å²) in [5.74, 6) is 5.58. The molecule has 0 aromatic carbocycles. The highest BCUT2D eigenvalue weighted by Gasteiger charge is 2.16. The lowest BCUT2D eigenvalue weighted by molar-refractivity contribution is 0.345. The highest BCUT2D eigenvalue weighted by atomic mass is 32.1.